The predicted molar refractivity (Wildman–Crippen MR) is 84.4 cm³/mol. The van der Waals surface area contributed by atoms with Gasteiger partial charge in [0.2, 0.25) is 0 Å². The first-order valence-corrected chi connectivity index (χ1v) is 7.79. The Hall–Kier alpha value is -0.540. The van der Waals surface area contributed by atoms with Crippen molar-refractivity contribution in [2.75, 3.05) is 11.9 Å². The number of hydrogen-bond donors (Lipinski definition) is 2. The van der Waals surface area contributed by atoms with Crippen molar-refractivity contribution in [3.05, 3.63) is 28.7 Å². The number of benzene rings is 1. The summed E-state index contributed by atoms with van der Waals surface area (Å²) in [6, 6.07) is 8.13. The van der Waals surface area contributed by atoms with Crippen molar-refractivity contribution in [2.24, 2.45) is 11.3 Å². The number of nitrogens with one attached hydrogen (secondary N) is 1. The molecular formula is C16H24BrNO. The zero-order chi connectivity index (χ0) is 14.1. The van der Waals surface area contributed by atoms with E-state index in [0.717, 1.165) is 23.0 Å². The van der Waals surface area contributed by atoms with Crippen LogP contribution in [0.3, 0.4) is 0 Å². The topological polar surface area (TPSA) is 32.3 Å². The molecule has 106 valence electrons. The summed E-state index contributed by atoms with van der Waals surface area (Å²) in [7, 11) is 0. The number of rotatable bonds is 3. The normalized spacial score (nSPS) is 30.1. The maximum absolute atomic E-state index is 9.97. The molecule has 0 aromatic heterocycles. The van der Waals surface area contributed by atoms with Gasteiger partial charge in [-0.1, -0.05) is 32.9 Å². The van der Waals surface area contributed by atoms with Crippen molar-refractivity contribution in [3.63, 3.8) is 0 Å². The van der Waals surface area contributed by atoms with E-state index in [2.05, 4.69) is 48.1 Å². The van der Waals surface area contributed by atoms with Gasteiger partial charge in [-0.2, -0.15) is 0 Å². The predicted octanol–water partition coefficient (Wildman–Crippen LogP) is 4.44. The molecule has 2 unspecified atom stereocenters. The third kappa shape index (κ3) is 3.51. The highest BCUT2D eigenvalue weighted by Gasteiger charge is 2.42. The first-order chi connectivity index (χ1) is 8.86. The van der Waals surface area contributed by atoms with E-state index >= 15 is 0 Å². The van der Waals surface area contributed by atoms with E-state index in [4.69, 9.17) is 0 Å². The zero-order valence-corrected chi connectivity index (χ0v) is 13.6. The summed E-state index contributed by atoms with van der Waals surface area (Å²) in [5.74, 6) is 0.630. The van der Waals surface area contributed by atoms with E-state index in [0.29, 0.717) is 5.92 Å². The SMILES string of the molecule is CC1CC(C)(C)CC(CO)(Nc2ccccc2Br)C1. The van der Waals surface area contributed by atoms with E-state index < -0.39 is 0 Å². The Bertz CT molecular complexity index is 446. The molecular weight excluding hydrogens is 302 g/mol. The lowest BCUT2D eigenvalue weighted by Crippen LogP contribution is -2.50. The maximum atomic E-state index is 9.97. The van der Waals surface area contributed by atoms with Crippen molar-refractivity contribution in [1.82, 2.24) is 0 Å². The third-order valence-corrected chi connectivity index (χ3v) is 4.73. The first kappa shape index (κ1) is 14.9. The quantitative estimate of drug-likeness (QED) is 0.861. The van der Waals surface area contributed by atoms with Crippen LogP contribution < -0.4 is 5.32 Å². The summed E-state index contributed by atoms with van der Waals surface area (Å²) < 4.78 is 1.05. The van der Waals surface area contributed by atoms with Gasteiger partial charge in [0.05, 0.1) is 12.1 Å². The van der Waals surface area contributed by atoms with Crippen molar-refractivity contribution in [2.45, 2.75) is 45.6 Å². The lowest BCUT2D eigenvalue weighted by atomic mass is 9.64. The van der Waals surface area contributed by atoms with Crippen LogP contribution in [0.5, 0.6) is 0 Å². The van der Waals surface area contributed by atoms with Crippen molar-refractivity contribution in [3.8, 4) is 0 Å². The minimum absolute atomic E-state index is 0.183. The van der Waals surface area contributed by atoms with Gasteiger partial charge in [0.15, 0.2) is 0 Å². The van der Waals surface area contributed by atoms with Gasteiger partial charge >= 0.3 is 0 Å². The van der Waals surface area contributed by atoms with Crippen LogP contribution in [0.4, 0.5) is 5.69 Å². The summed E-state index contributed by atoms with van der Waals surface area (Å²) in [6.07, 6.45) is 3.25. The van der Waals surface area contributed by atoms with E-state index in [1.165, 1.54) is 6.42 Å². The van der Waals surface area contributed by atoms with Crippen LogP contribution in [0.25, 0.3) is 0 Å². The second-order valence-electron chi connectivity index (χ2n) is 6.90. The van der Waals surface area contributed by atoms with Gasteiger partial charge in [0, 0.05) is 10.2 Å². The van der Waals surface area contributed by atoms with Crippen LogP contribution in [0.15, 0.2) is 28.7 Å². The van der Waals surface area contributed by atoms with Crippen molar-refractivity contribution in [1.29, 1.82) is 0 Å². The van der Waals surface area contributed by atoms with E-state index in [-0.39, 0.29) is 17.6 Å². The van der Waals surface area contributed by atoms with Crippen LogP contribution in [-0.4, -0.2) is 17.3 Å². The number of hydrogen-bond acceptors (Lipinski definition) is 2. The Morgan fingerprint density at radius 1 is 1.32 bits per heavy atom. The second kappa shape index (κ2) is 5.45. The van der Waals surface area contributed by atoms with Gasteiger partial charge in [0.1, 0.15) is 0 Å². The summed E-state index contributed by atoms with van der Waals surface area (Å²) >= 11 is 3.58. The molecule has 1 fully saturated rings. The third-order valence-electron chi connectivity index (χ3n) is 4.03. The van der Waals surface area contributed by atoms with Gasteiger partial charge in [-0.25, -0.2) is 0 Å². The molecule has 2 N–H and O–H groups in total. The van der Waals surface area contributed by atoms with Gasteiger partial charge in [-0.05, 0) is 58.7 Å². The largest absolute Gasteiger partial charge is 0.394 e. The molecule has 0 aliphatic heterocycles. The molecule has 0 saturated heterocycles. The van der Waals surface area contributed by atoms with Gasteiger partial charge in [0.25, 0.3) is 0 Å². The van der Waals surface area contributed by atoms with Crippen LogP contribution in [0, 0.1) is 11.3 Å². The van der Waals surface area contributed by atoms with E-state index in [1.807, 2.05) is 18.2 Å². The van der Waals surface area contributed by atoms with Crippen LogP contribution in [0.1, 0.15) is 40.0 Å². The lowest BCUT2D eigenvalue weighted by molar-refractivity contribution is 0.0749. The molecule has 0 amide bonds. The molecule has 2 rings (SSSR count). The van der Waals surface area contributed by atoms with Gasteiger partial charge < -0.3 is 10.4 Å². The van der Waals surface area contributed by atoms with Crippen LogP contribution >= 0.6 is 15.9 Å². The first-order valence-electron chi connectivity index (χ1n) is 6.99. The standard InChI is InChI=1S/C16H24BrNO/c1-12-8-15(2,3)10-16(9-12,11-19)18-14-7-5-4-6-13(14)17/h4-7,12,18-19H,8-11H2,1-3H3. The molecule has 1 aromatic rings. The molecule has 1 saturated carbocycles. The Balaban J connectivity index is 2.25. The molecule has 2 nitrogen and oxygen atoms in total. The Kier molecular flexibility index (Phi) is 4.26. The lowest BCUT2D eigenvalue weighted by Gasteiger charge is -2.48. The minimum Gasteiger partial charge on any atom is -0.394 e. The highest BCUT2D eigenvalue weighted by Crippen LogP contribution is 2.45. The Morgan fingerprint density at radius 2 is 2.00 bits per heavy atom. The Morgan fingerprint density at radius 3 is 2.58 bits per heavy atom. The smallest absolute Gasteiger partial charge is 0.0661 e. The second-order valence-corrected chi connectivity index (χ2v) is 7.75. The molecule has 0 radical (unpaired) electrons. The fourth-order valence-electron chi connectivity index (χ4n) is 3.85. The number of para-hydroxylation sites is 1. The maximum Gasteiger partial charge on any atom is 0.0661 e. The number of anilines is 1. The molecule has 0 bridgehead atoms. The highest BCUT2D eigenvalue weighted by molar-refractivity contribution is 9.10. The average Bonchev–Trinajstić information content (AvgIpc) is 2.29. The van der Waals surface area contributed by atoms with E-state index in [9.17, 15) is 5.11 Å². The Labute approximate surface area is 124 Å². The monoisotopic (exact) mass is 325 g/mol. The summed E-state index contributed by atoms with van der Waals surface area (Å²) in [5, 5.41) is 13.6. The molecule has 2 atom stereocenters. The van der Waals surface area contributed by atoms with Gasteiger partial charge in [-0.3, -0.25) is 0 Å². The van der Waals surface area contributed by atoms with Crippen LogP contribution in [0.2, 0.25) is 0 Å². The minimum atomic E-state index is -0.203. The fraction of sp³-hybridized carbons (Fsp3) is 0.625. The summed E-state index contributed by atoms with van der Waals surface area (Å²) in [6.45, 7) is 7.07. The molecule has 0 heterocycles. The molecule has 1 aliphatic carbocycles. The highest BCUT2D eigenvalue weighted by atomic mass is 79.9. The molecule has 3 heteroatoms. The van der Waals surface area contributed by atoms with Gasteiger partial charge in [-0.15, -0.1) is 0 Å². The summed E-state index contributed by atoms with van der Waals surface area (Å²) in [5.41, 5.74) is 1.14. The molecule has 1 aromatic carbocycles. The number of aliphatic hydroxyl groups is 1. The average molecular weight is 326 g/mol. The summed E-state index contributed by atoms with van der Waals surface area (Å²) in [4.78, 5) is 0. The van der Waals surface area contributed by atoms with Crippen LogP contribution in [-0.2, 0) is 0 Å². The zero-order valence-electron chi connectivity index (χ0n) is 12.0. The van der Waals surface area contributed by atoms with Crippen molar-refractivity contribution >= 4 is 21.6 Å². The molecule has 1 aliphatic rings. The number of halogens is 1. The molecule has 19 heavy (non-hydrogen) atoms. The van der Waals surface area contributed by atoms with E-state index in [1.54, 1.807) is 0 Å². The molecule has 0 spiro atoms. The fourth-order valence-corrected chi connectivity index (χ4v) is 4.23. The van der Waals surface area contributed by atoms with Crippen molar-refractivity contribution < 1.29 is 5.11 Å². The number of aliphatic hydroxyl groups excluding tert-OH is 1.